The molecule has 2 aliphatic rings. The maximum absolute atomic E-state index is 14.0. The number of para-hydroxylation sites is 2. The summed E-state index contributed by atoms with van der Waals surface area (Å²) < 4.78 is 28.0. The van der Waals surface area contributed by atoms with E-state index in [0.29, 0.717) is 31.9 Å². The van der Waals surface area contributed by atoms with Crippen LogP contribution >= 0.6 is 0 Å². The van der Waals surface area contributed by atoms with Gasteiger partial charge >= 0.3 is 0 Å². The van der Waals surface area contributed by atoms with Crippen LogP contribution in [0, 0.1) is 17.6 Å². The van der Waals surface area contributed by atoms with Crippen molar-refractivity contribution >= 4 is 23.2 Å². The molecule has 2 amide bonds. The molecule has 7 heteroatoms. The molecular formula is C21H21F2N3O2. The number of carbonyl (C=O) groups excluding carboxylic acids is 2. The van der Waals surface area contributed by atoms with Gasteiger partial charge in [0.05, 0.1) is 17.3 Å². The molecule has 4 rings (SSSR count). The second kappa shape index (κ2) is 7.58. The molecule has 2 heterocycles. The third-order valence-corrected chi connectivity index (χ3v) is 5.40. The lowest BCUT2D eigenvalue weighted by Crippen LogP contribution is -2.51. The standard InChI is InChI=1S/C21H21F2N3O2/c22-16-5-1-3-7-18(16)24-9-11-25(12-10-24)21(28)15-13-20(27)26(14-15)19-8-4-2-6-17(19)23/h1-8,15H,9-14H2. The summed E-state index contributed by atoms with van der Waals surface area (Å²) in [5, 5.41) is 0. The molecule has 1 unspecified atom stereocenters. The predicted octanol–water partition coefficient (Wildman–Crippen LogP) is 2.67. The average molecular weight is 385 g/mol. The number of rotatable bonds is 3. The van der Waals surface area contributed by atoms with Gasteiger partial charge in [0, 0.05) is 39.1 Å². The summed E-state index contributed by atoms with van der Waals surface area (Å²) in [4.78, 5) is 30.2. The molecule has 2 aliphatic heterocycles. The number of anilines is 2. The maximum atomic E-state index is 14.0. The fraction of sp³-hybridized carbons (Fsp3) is 0.333. The van der Waals surface area contributed by atoms with Gasteiger partial charge in [-0.2, -0.15) is 0 Å². The fourth-order valence-electron chi connectivity index (χ4n) is 3.91. The Morgan fingerprint density at radius 3 is 2.04 bits per heavy atom. The first-order valence-electron chi connectivity index (χ1n) is 9.38. The van der Waals surface area contributed by atoms with Gasteiger partial charge in [0.15, 0.2) is 0 Å². The molecule has 1 atom stereocenters. The van der Waals surface area contributed by atoms with E-state index < -0.39 is 11.7 Å². The van der Waals surface area contributed by atoms with Crippen LogP contribution in [0.5, 0.6) is 0 Å². The molecule has 2 saturated heterocycles. The Labute approximate surface area is 162 Å². The topological polar surface area (TPSA) is 43.9 Å². The molecule has 0 saturated carbocycles. The van der Waals surface area contributed by atoms with E-state index in [1.165, 1.54) is 17.0 Å². The molecule has 2 aromatic carbocycles. The molecular weight excluding hydrogens is 364 g/mol. The predicted molar refractivity (Wildman–Crippen MR) is 102 cm³/mol. The van der Waals surface area contributed by atoms with Crippen molar-refractivity contribution in [3.63, 3.8) is 0 Å². The van der Waals surface area contributed by atoms with E-state index in [0.717, 1.165) is 0 Å². The molecule has 146 valence electrons. The summed E-state index contributed by atoms with van der Waals surface area (Å²) >= 11 is 0. The fourth-order valence-corrected chi connectivity index (χ4v) is 3.91. The van der Waals surface area contributed by atoms with Gasteiger partial charge < -0.3 is 14.7 Å². The summed E-state index contributed by atoms with van der Waals surface area (Å²) in [5.74, 6) is -1.56. The molecule has 2 fully saturated rings. The normalized spacial score (nSPS) is 20.0. The van der Waals surface area contributed by atoms with Crippen molar-refractivity contribution in [3.05, 3.63) is 60.2 Å². The Bertz CT molecular complexity index is 897. The molecule has 2 aromatic rings. The van der Waals surface area contributed by atoms with Gasteiger partial charge in [-0.3, -0.25) is 9.59 Å². The zero-order chi connectivity index (χ0) is 19.7. The molecule has 0 radical (unpaired) electrons. The Hall–Kier alpha value is -2.96. The first-order valence-corrected chi connectivity index (χ1v) is 9.38. The van der Waals surface area contributed by atoms with E-state index in [9.17, 15) is 18.4 Å². The molecule has 28 heavy (non-hydrogen) atoms. The van der Waals surface area contributed by atoms with Gasteiger partial charge in [-0.05, 0) is 24.3 Å². The Morgan fingerprint density at radius 2 is 1.43 bits per heavy atom. The minimum atomic E-state index is -0.480. The van der Waals surface area contributed by atoms with Crippen LogP contribution in [-0.2, 0) is 9.59 Å². The van der Waals surface area contributed by atoms with Crippen LogP contribution < -0.4 is 9.80 Å². The van der Waals surface area contributed by atoms with Gasteiger partial charge in [0.25, 0.3) is 0 Å². The van der Waals surface area contributed by atoms with Gasteiger partial charge in [-0.15, -0.1) is 0 Å². The van der Waals surface area contributed by atoms with E-state index in [2.05, 4.69) is 0 Å². The maximum Gasteiger partial charge on any atom is 0.228 e. The molecule has 0 bridgehead atoms. The number of amides is 2. The van der Waals surface area contributed by atoms with Crippen LogP contribution in [0.1, 0.15) is 6.42 Å². The number of carbonyl (C=O) groups is 2. The third kappa shape index (κ3) is 3.44. The number of nitrogens with zero attached hydrogens (tertiary/aromatic N) is 3. The summed E-state index contributed by atoms with van der Waals surface area (Å²) in [5.41, 5.74) is 0.753. The van der Waals surface area contributed by atoms with E-state index in [-0.39, 0.29) is 36.3 Å². The number of benzene rings is 2. The summed E-state index contributed by atoms with van der Waals surface area (Å²) in [6.07, 6.45) is 0.0840. The minimum absolute atomic E-state index is 0.0840. The Balaban J connectivity index is 1.39. The Morgan fingerprint density at radius 1 is 0.857 bits per heavy atom. The highest BCUT2D eigenvalue weighted by Crippen LogP contribution is 2.29. The second-order valence-corrected chi connectivity index (χ2v) is 7.12. The zero-order valence-corrected chi connectivity index (χ0v) is 15.4. The number of hydrogen-bond acceptors (Lipinski definition) is 3. The largest absolute Gasteiger partial charge is 0.366 e. The lowest BCUT2D eigenvalue weighted by molar-refractivity contribution is -0.136. The lowest BCUT2D eigenvalue weighted by atomic mass is 10.1. The van der Waals surface area contributed by atoms with Gasteiger partial charge in [-0.1, -0.05) is 24.3 Å². The van der Waals surface area contributed by atoms with Crippen LogP contribution in [0.2, 0.25) is 0 Å². The van der Waals surface area contributed by atoms with Crippen molar-refractivity contribution in [2.24, 2.45) is 5.92 Å². The number of hydrogen-bond donors (Lipinski definition) is 0. The van der Waals surface area contributed by atoms with Crippen molar-refractivity contribution in [2.45, 2.75) is 6.42 Å². The van der Waals surface area contributed by atoms with Crippen LogP contribution in [0.3, 0.4) is 0 Å². The van der Waals surface area contributed by atoms with Crippen molar-refractivity contribution in [1.29, 1.82) is 0 Å². The van der Waals surface area contributed by atoms with Crippen molar-refractivity contribution in [3.8, 4) is 0 Å². The molecule has 0 N–H and O–H groups in total. The quantitative estimate of drug-likeness (QED) is 0.816. The first-order chi connectivity index (χ1) is 13.5. The third-order valence-electron chi connectivity index (χ3n) is 5.40. The van der Waals surface area contributed by atoms with Gasteiger partial charge in [0.2, 0.25) is 11.8 Å². The van der Waals surface area contributed by atoms with Crippen LogP contribution in [0.15, 0.2) is 48.5 Å². The Kier molecular flexibility index (Phi) is 4.98. The number of piperazine rings is 1. The highest BCUT2D eigenvalue weighted by Gasteiger charge is 2.38. The van der Waals surface area contributed by atoms with Crippen LogP contribution in [0.4, 0.5) is 20.2 Å². The zero-order valence-electron chi connectivity index (χ0n) is 15.4. The van der Waals surface area contributed by atoms with Gasteiger partial charge in [-0.25, -0.2) is 8.78 Å². The highest BCUT2D eigenvalue weighted by atomic mass is 19.1. The number of halogens is 2. The molecule has 0 aromatic heterocycles. The highest BCUT2D eigenvalue weighted by molar-refractivity contribution is 6.00. The van der Waals surface area contributed by atoms with Crippen LogP contribution in [-0.4, -0.2) is 49.4 Å². The van der Waals surface area contributed by atoms with Crippen molar-refractivity contribution in [2.75, 3.05) is 42.5 Å². The minimum Gasteiger partial charge on any atom is -0.366 e. The van der Waals surface area contributed by atoms with Crippen molar-refractivity contribution < 1.29 is 18.4 Å². The molecule has 5 nitrogen and oxygen atoms in total. The average Bonchev–Trinajstić information content (AvgIpc) is 3.10. The lowest BCUT2D eigenvalue weighted by Gasteiger charge is -2.37. The van der Waals surface area contributed by atoms with E-state index in [4.69, 9.17) is 0 Å². The van der Waals surface area contributed by atoms with E-state index in [1.54, 1.807) is 41.3 Å². The second-order valence-electron chi connectivity index (χ2n) is 7.12. The molecule has 0 aliphatic carbocycles. The SMILES string of the molecule is O=C(C1CC(=O)N(c2ccccc2F)C1)N1CCN(c2ccccc2F)CC1. The monoisotopic (exact) mass is 385 g/mol. The summed E-state index contributed by atoms with van der Waals surface area (Å²) in [7, 11) is 0. The first kappa shape index (κ1) is 18.4. The molecule has 0 spiro atoms. The van der Waals surface area contributed by atoms with Crippen molar-refractivity contribution in [1.82, 2.24) is 4.90 Å². The van der Waals surface area contributed by atoms with Crippen LogP contribution in [0.25, 0.3) is 0 Å². The van der Waals surface area contributed by atoms with E-state index >= 15 is 0 Å². The van der Waals surface area contributed by atoms with Gasteiger partial charge in [0.1, 0.15) is 11.6 Å². The van der Waals surface area contributed by atoms with E-state index in [1.807, 2.05) is 4.90 Å². The smallest absolute Gasteiger partial charge is 0.228 e. The summed E-state index contributed by atoms with van der Waals surface area (Å²) in [6, 6.07) is 12.7. The summed E-state index contributed by atoms with van der Waals surface area (Å²) in [6.45, 7) is 2.19.